The Morgan fingerprint density at radius 3 is 2.85 bits per heavy atom. The molecule has 0 radical (unpaired) electrons. The van der Waals surface area contributed by atoms with E-state index in [1.807, 2.05) is 0 Å². The van der Waals surface area contributed by atoms with E-state index in [1.165, 1.54) is 17.7 Å². The van der Waals surface area contributed by atoms with E-state index in [1.54, 1.807) is 24.5 Å². The maximum absolute atomic E-state index is 13.4. The molecule has 1 fully saturated rings. The first-order chi connectivity index (χ1) is 13.1. The van der Waals surface area contributed by atoms with Gasteiger partial charge in [-0.2, -0.15) is 11.3 Å². The Labute approximate surface area is 163 Å². The van der Waals surface area contributed by atoms with E-state index in [4.69, 9.17) is 0 Å². The highest BCUT2D eigenvalue weighted by atomic mass is 32.1. The quantitative estimate of drug-likeness (QED) is 0.580. The van der Waals surface area contributed by atoms with E-state index >= 15 is 0 Å². The molecule has 4 nitrogen and oxygen atoms in total. The summed E-state index contributed by atoms with van der Waals surface area (Å²) in [6, 6.07) is 6.26. The summed E-state index contributed by atoms with van der Waals surface area (Å²) in [4.78, 5) is 6.39. The van der Waals surface area contributed by atoms with Crippen molar-refractivity contribution in [2.75, 3.05) is 38.1 Å². The Kier molecular flexibility index (Phi) is 6.66. The zero-order chi connectivity index (χ0) is 19.2. The maximum atomic E-state index is 13.4. The molecular formula is C20H26F2N4S. The fourth-order valence-corrected chi connectivity index (χ4v) is 4.08. The van der Waals surface area contributed by atoms with E-state index in [2.05, 4.69) is 44.3 Å². The van der Waals surface area contributed by atoms with Gasteiger partial charge in [0.15, 0.2) is 17.6 Å². The monoisotopic (exact) mass is 392 g/mol. The molecular weight excluding hydrogens is 366 g/mol. The van der Waals surface area contributed by atoms with Gasteiger partial charge in [-0.3, -0.25) is 4.99 Å². The van der Waals surface area contributed by atoms with Crippen LogP contribution in [0.5, 0.6) is 0 Å². The number of nitrogens with one attached hydrogen (secondary N) is 2. The smallest absolute Gasteiger partial charge is 0.191 e. The average molecular weight is 393 g/mol. The molecule has 0 bridgehead atoms. The molecule has 1 aromatic heterocycles. The molecule has 2 aromatic rings. The van der Waals surface area contributed by atoms with Crippen LogP contribution in [0.4, 0.5) is 14.5 Å². The lowest BCUT2D eigenvalue weighted by atomic mass is 10.1. The van der Waals surface area contributed by atoms with Crippen LogP contribution in [0.1, 0.15) is 24.8 Å². The van der Waals surface area contributed by atoms with Gasteiger partial charge in [0.1, 0.15) is 0 Å². The molecule has 0 saturated carbocycles. The van der Waals surface area contributed by atoms with Crippen LogP contribution in [0.2, 0.25) is 0 Å². The van der Waals surface area contributed by atoms with Crippen LogP contribution in [0.15, 0.2) is 40.0 Å². The molecule has 146 valence electrons. The molecule has 1 saturated heterocycles. The van der Waals surface area contributed by atoms with Crippen LogP contribution in [0.3, 0.4) is 0 Å². The predicted octanol–water partition coefficient (Wildman–Crippen LogP) is 3.82. The number of halogens is 2. The number of thiophene rings is 1. The summed E-state index contributed by atoms with van der Waals surface area (Å²) < 4.78 is 26.6. The number of hydrogen-bond acceptors (Lipinski definition) is 3. The number of rotatable bonds is 6. The predicted molar refractivity (Wildman–Crippen MR) is 109 cm³/mol. The van der Waals surface area contributed by atoms with Crippen molar-refractivity contribution in [3.63, 3.8) is 0 Å². The summed E-state index contributed by atoms with van der Waals surface area (Å²) in [7, 11) is 1.77. The minimum Gasteiger partial charge on any atom is -0.371 e. The van der Waals surface area contributed by atoms with E-state index in [9.17, 15) is 8.78 Å². The fourth-order valence-electron chi connectivity index (χ4n) is 3.30. The summed E-state index contributed by atoms with van der Waals surface area (Å²) in [6.45, 7) is 5.48. The molecule has 0 amide bonds. The Bertz CT molecular complexity index is 763. The van der Waals surface area contributed by atoms with Crippen LogP contribution in [0.25, 0.3) is 0 Å². The van der Waals surface area contributed by atoms with Crippen LogP contribution in [0, 0.1) is 17.6 Å². The van der Waals surface area contributed by atoms with Gasteiger partial charge < -0.3 is 15.5 Å². The second-order valence-electron chi connectivity index (χ2n) is 6.99. The maximum Gasteiger partial charge on any atom is 0.191 e. The summed E-state index contributed by atoms with van der Waals surface area (Å²) in [5, 5.41) is 11.0. The standard InChI is InChI=1S/C20H26F2N4S/c1-14(16-6-8-27-13-16)10-24-20(23-2)25-11-15-5-7-26(12-15)17-3-4-18(21)19(22)9-17/h3-4,6,8-9,13-15H,5,7,10-12H2,1-2H3,(H2,23,24,25). The van der Waals surface area contributed by atoms with Crippen LogP contribution in [-0.2, 0) is 0 Å². The number of aliphatic imine (C=N–C) groups is 1. The van der Waals surface area contributed by atoms with E-state index in [0.29, 0.717) is 11.8 Å². The minimum absolute atomic E-state index is 0.421. The van der Waals surface area contributed by atoms with E-state index in [0.717, 1.165) is 44.2 Å². The molecule has 2 heterocycles. The third-order valence-corrected chi connectivity index (χ3v) is 5.73. The number of hydrogen-bond donors (Lipinski definition) is 2. The summed E-state index contributed by atoms with van der Waals surface area (Å²) in [6.07, 6.45) is 1.01. The molecule has 3 rings (SSSR count). The van der Waals surface area contributed by atoms with Gasteiger partial charge in [-0.1, -0.05) is 6.92 Å². The Hall–Kier alpha value is -2.15. The zero-order valence-electron chi connectivity index (χ0n) is 15.7. The van der Waals surface area contributed by atoms with Gasteiger partial charge in [-0.25, -0.2) is 8.78 Å². The van der Waals surface area contributed by atoms with Crippen LogP contribution < -0.4 is 15.5 Å². The molecule has 1 aromatic carbocycles. The molecule has 2 N–H and O–H groups in total. The second-order valence-corrected chi connectivity index (χ2v) is 7.77. The lowest BCUT2D eigenvalue weighted by Crippen LogP contribution is -2.41. The third-order valence-electron chi connectivity index (χ3n) is 5.02. The van der Waals surface area contributed by atoms with E-state index in [-0.39, 0.29) is 0 Å². The number of anilines is 1. The highest BCUT2D eigenvalue weighted by Gasteiger charge is 2.23. The summed E-state index contributed by atoms with van der Waals surface area (Å²) in [5.74, 6) is 0.0561. The van der Waals surface area contributed by atoms with Crippen molar-refractivity contribution >= 4 is 23.0 Å². The molecule has 1 aliphatic rings. The number of nitrogens with zero attached hydrogens (tertiary/aromatic N) is 2. The van der Waals surface area contributed by atoms with Crippen molar-refractivity contribution in [2.24, 2.45) is 10.9 Å². The van der Waals surface area contributed by atoms with Gasteiger partial charge in [0, 0.05) is 45.0 Å². The van der Waals surface area contributed by atoms with Crippen LogP contribution >= 0.6 is 11.3 Å². The normalized spacial score (nSPS) is 18.6. The lowest BCUT2D eigenvalue weighted by molar-refractivity contribution is 0.508. The first-order valence-corrected chi connectivity index (χ1v) is 10.2. The largest absolute Gasteiger partial charge is 0.371 e. The van der Waals surface area contributed by atoms with Crippen molar-refractivity contribution in [1.29, 1.82) is 0 Å². The van der Waals surface area contributed by atoms with Gasteiger partial charge in [-0.05, 0) is 52.8 Å². The SMILES string of the molecule is CN=C(NCC1CCN(c2ccc(F)c(F)c2)C1)NCC(C)c1ccsc1. The van der Waals surface area contributed by atoms with Gasteiger partial charge in [0.25, 0.3) is 0 Å². The number of guanidine groups is 1. The van der Waals surface area contributed by atoms with Gasteiger partial charge in [0.05, 0.1) is 0 Å². The van der Waals surface area contributed by atoms with Gasteiger partial charge in [-0.15, -0.1) is 0 Å². The third kappa shape index (κ3) is 5.19. The Balaban J connectivity index is 1.44. The topological polar surface area (TPSA) is 39.7 Å². The van der Waals surface area contributed by atoms with Crippen molar-refractivity contribution in [2.45, 2.75) is 19.3 Å². The zero-order valence-corrected chi connectivity index (χ0v) is 16.5. The van der Waals surface area contributed by atoms with Crippen molar-refractivity contribution in [3.8, 4) is 0 Å². The summed E-state index contributed by atoms with van der Waals surface area (Å²) >= 11 is 1.71. The summed E-state index contributed by atoms with van der Waals surface area (Å²) in [5.41, 5.74) is 2.07. The molecule has 27 heavy (non-hydrogen) atoms. The first-order valence-electron chi connectivity index (χ1n) is 9.23. The molecule has 7 heteroatoms. The second kappa shape index (κ2) is 9.17. The number of benzene rings is 1. The van der Waals surface area contributed by atoms with Crippen LogP contribution in [-0.4, -0.2) is 39.2 Å². The van der Waals surface area contributed by atoms with Crippen molar-refractivity contribution in [1.82, 2.24) is 10.6 Å². The molecule has 2 atom stereocenters. The Morgan fingerprint density at radius 2 is 2.15 bits per heavy atom. The Morgan fingerprint density at radius 1 is 1.30 bits per heavy atom. The average Bonchev–Trinajstić information content (AvgIpc) is 3.36. The highest BCUT2D eigenvalue weighted by Crippen LogP contribution is 2.25. The highest BCUT2D eigenvalue weighted by molar-refractivity contribution is 7.07. The van der Waals surface area contributed by atoms with Gasteiger partial charge in [0.2, 0.25) is 0 Å². The van der Waals surface area contributed by atoms with Crippen molar-refractivity contribution < 1.29 is 8.78 Å². The first kappa shape index (κ1) is 19.6. The molecule has 2 unspecified atom stereocenters. The van der Waals surface area contributed by atoms with Gasteiger partial charge >= 0.3 is 0 Å². The molecule has 1 aliphatic heterocycles. The molecule has 0 aliphatic carbocycles. The van der Waals surface area contributed by atoms with E-state index < -0.39 is 11.6 Å². The van der Waals surface area contributed by atoms with Crippen molar-refractivity contribution in [3.05, 3.63) is 52.2 Å². The molecule has 0 spiro atoms. The minimum atomic E-state index is -0.803. The fraction of sp³-hybridized carbons (Fsp3) is 0.450. The lowest BCUT2D eigenvalue weighted by Gasteiger charge is -2.20.